The average Bonchev–Trinajstić information content (AvgIpc) is 3.08. The maximum atomic E-state index is 12.6. The van der Waals surface area contributed by atoms with E-state index in [4.69, 9.17) is 13.7 Å². The summed E-state index contributed by atoms with van der Waals surface area (Å²) in [6.07, 6.45) is 0.166. The molecule has 0 aromatic heterocycles. The van der Waals surface area contributed by atoms with Crippen LogP contribution in [0.1, 0.15) is 18.9 Å². The first-order valence-corrected chi connectivity index (χ1v) is 12.8. The molecule has 1 heterocycles. The first-order chi connectivity index (χ1) is 14.5. The maximum Gasteiger partial charge on any atom is 0.297 e. The number of ether oxygens (including phenoxy) is 2. The highest BCUT2D eigenvalue weighted by molar-refractivity contribution is 7.91. The topological polar surface area (TPSA) is 96.0 Å². The van der Waals surface area contributed by atoms with Crippen LogP contribution in [0.25, 0.3) is 0 Å². The van der Waals surface area contributed by atoms with Gasteiger partial charge in [-0.2, -0.15) is 8.42 Å². The summed E-state index contributed by atoms with van der Waals surface area (Å²) in [6.45, 7) is 6.89. The molecule has 7 nitrogen and oxygen atoms in total. The lowest BCUT2D eigenvalue weighted by Crippen LogP contribution is -2.31. The lowest BCUT2D eigenvalue weighted by Gasteiger charge is -2.23. The predicted octanol–water partition coefficient (Wildman–Crippen LogP) is 3.25. The van der Waals surface area contributed by atoms with Crippen molar-refractivity contribution >= 4 is 20.0 Å². The number of hydrogen-bond acceptors (Lipinski definition) is 7. The number of rotatable bonds is 9. The summed E-state index contributed by atoms with van der Waals surface area (Å²) in [6, 6.07) is 14.4. The van der Waals surface area contributed by atoms with Crippen molar-refractivity contribution in [3.8, 4) is 0 Å². The second kappa shape index (κ2) is 9.22. The summed E-state index contributed by atoms with van der Waals surface area (Å²) >= 11 is 0. The summed E-state index contributed by atoms with van der Waals surface area (Å²) in [4.78, 5) is 0.268. The molecule has 0 N–H and O–H groups in total. The van der Waals surface area contributed by atoms with Crippen molar-refractivity contribution in [3.05, 3.63) is 72.8 Å². The van der Waals surface area contributed by atoms with Crippen LogP contribution in [0.2, 0.25) is 0 Å². The van der Waals surface area contributed by atoms with Gasteiger partial charge in [-0.15, -0.1) is 6.58 Å². The van der Waals surface area contributed by atoms with Crippen molar-refractivity contribution in [2.75, 3.05) is 12.4 Å². The van der Waals surface area contributed by atoms with Crippen LogP contribution in [0.5, 0.6) is 0 Å². The van der Waals surface area contributed by atoms with Crippen LogP contribution >= 0.6 is 0 Å². The maximum absolute atomic E-state index is 12.6. The molecule has 1 aliphatic rings. The zero-order valence-electron chi connectivity index (χ0n) is 17.4. The minimum atomic E-state index is -3.97. The van der Waals surface area contributed by atoms with E-state index in [1.807, 2.05) is 6.92 Å². The van der Waals surface area contributed by atoms with Gasteiger partial charge in [-0.1, -0.05) is 42.0 Å². The van der Waals surface area contributed by atoms with Gasteiger partial charge in [0.25, 0.3) is 10.1 Å². The average molecular weight is 467 g/mol. The van der Waals surface area contributed by atoms with E-state index in [1.165, 1.54) is 30.3 Å². The van der Waals surface area contributed by atoms with Gasteiger partial charge in [0.2, 0.25) is 0 Å². The largest absolute Gasteiger partial charge is 0.341 e. The third kappa shape index (κ3) is 5.81. The monoisotopic (exact) mass is 466 g/mol. The normalized spacial score (nSPS) is 24.2. The number of hydrogen-bond donors (Lipinski definition) is 0. The highest BCUT2D eigenvalue weighted by atomic mass is 32.2. The van der Waals surface area contributed by atoms with E-state index in [-0.39, 0.29) is 28.6 Å². The molecule has 9 heteroatoms. The second-order valence-corrected chi connectivity index (χ2v) is 11.3. The fraction of sp³-hybridized carbons (Fsp3) is 0.364. The van der Waals surface area contributed by atoms with Gasteiger partial charge in [-0.3, -0.25) is 4.18 Å². The van der Waals surface area contributed by atoms with Crippen molar-refractivity contribution < 1.29 is 30.5 Å². The van der Waals surface area contributed by atoms with Crippen LogP contribution in [-0.4, -0.2) is 47.2 Å². The van der Waals surface area contributed by atoms with Crippen LogP contribution < -0.4 is 0 Å². The van der Waals surface area contributed by atoms with Gasteiger partial charge in [-0.05, 0) is 38.1 Å². The van der Waals surface area contributed by atoms with Gasteiger partial charge in [0, 0.05) is 6.42 Å². The molecule has 1 fully saturated rings. The Labute approximate surface area is 183 Å². The van der Waals surface area contributed by atoms with Crippen LogP contribution in [0.3, 0.4) is 0 Å². The van der Waals surface area contributed by atoms with Crippen molar-refractivity contribution in [2.45, 2.75) is 48.1 Å². The van der Waals surface area contributed by atoms with Crippen LogP contribution in [-0.2, 0) is 33.6 Å². The Morgan fingerprint density at radius 3 is 2.26 bits per heavy atom. The second-order valence-electron chi connectivity index (χ2n) is 7.54. The van der Waals surface area contributed by atoms with E-state index in [2.05, 4.69) is 6.58 Å². The third-order valence-corrected chi connectivity index (χ3v) is 8.04. The van der Waals surface area contributed by atoms with Crippen molar-refractivity contribution in [1.82, 2.24) is 0 Å². The van der Waals surface area contributed by atoms with E-state index in [0.29, 0.717) is 0 Å². The van der Waals surface area contributed by atoms with Gasteiger partial charge in [0.05, 0.1) is 22.2 Å². The Bertz CT molecular complexity index is 1110. The molecular weight excluding hydrogens is 440 g/mol. The van der Waals surface area contributed by atoms with E-state index < -0.39 is 38.0 Å². The summed E-state index contributed by atoms with van der Waals surface area (Å²) in [5.74, 6) is -1.41. The third-order valence-electron chi connectivity index (χ3n) is 5.01. The molecule has 2 aromatic rings. The Morgan fingerprint density at radius 2 is 1.65 bits per heavy atom. The smallest absolute Gasteiger partial charge is 0.297 e. The summed E-state index contributed by atoms with van der Waals surface area (Å²) < 4.78 is 66.9. The molecule has 0 spiro atoms. The lowest BCUT2D eigenvalue weighted by molar-refractivity contribution is -0.161. The Hall–Kier alpha value is -2.04. The zero-order chi connectivity index (χ0) is 22.7. The van der Waals surface area contributed by atoms with E-state index in [1.54, 1.807) is 37.3 Å². The molecule has 0 radical (unpaired) electrons. The summed E-state index contributed by atoms with van der Waals surface area (Å²) in [5, 5.41) is 0. The van der Waals surface area contributed by atoms with Crippen molar-refractivity contribution in [1.29, 1.82) is 0 Å². The summed E-state index contributed by atoms with van der Waals surface area (Å²) in [7, 11) is -7.49. The molecule has 0 amide bonds. The number of benzene rings is 2. The molecule has 31 heavy (non-hydrogen) atoms. The molecule has 0 bridgehead atoms. The first kappa shape index (κ1) is 23.6. The highest BCUT2D eigenvalue weighted by Gasteiger charge is 2.44. The molecule has 1 aliphatic heterocycles. The Kier molecular flexibility index (Phi) is 7.02. The molecule has 3 atom stereocenters. The molecule has 0 aliphatic carbocycles. The van der Waals surface area contributed by atoms with E-state index in [9.17, 15) is 16.8 Å². The minimum Gasteiger partial charge on any atom is -0.341 e. The molecular formula is C22H26O7S2. The van der Waals surface area contributed by atoms with E-state index >= 15 is 0 Å². The van der Waals surface area contributed by atoms with Gasteiger partial charge in [-0.25, -0.2) is 8.42 Å². The van der Waals surface area contributed by atoms with Crippen LogP contribution in [0, 0.1) is 6.92 Å². The summed E-state index contributed by atoms with van der Waals surface area (Å²) in [5.41, 5.74) is 0.930. The van der Waals surface area contributed by atoms with Gasteiger partial charge < -0.3 is 9.47 Å². The van der Waals surface area contributed by atoms with Crippen LogP contribution in [0.15, 0.2) is 77.0 Å². The van der Waals surface area contributed by atoms with E-state index in [0.717, 1.165) is 5.56 Å². The van der Waals surface area contributed by atoms with Crippen molar-refractivity contribution in [2.24, 2.45) is 0 Å². The number of aryl methyl sites for hydroxylation is 1. The number of sulfone groups is 1. The Morgan fingerprint density at radius 1 is 1.00 bits per heavy atom. The molecule has 2 aromatic carbocycles. The van der Waals surface area contributed by atoms with Gasteiger partial charge in [0.15, 0.2) is 15.6 Å². The molecule has 3 rings (SSSR count). The first-order valence-electron chi connectivity index (χ1n) is 9.77. The fourth-order valence-electron chi connectivity index (χ4n) is 3.22. The standard InChI is InChI=1S/C22H26O7S2/c1-4-20-21(16-27-31(25,26)19-12-10-17(2)11-13-19)29-22(3,28-20)14-15-30(23,24)18-8-6-5-7-9-18/h4-13,20-21H,1,14-16H2,2-3H3/t20-,21+,22-/m1/s1. The zero-order valence-corrected chi connectivity index (χ0v) is 19.1. The molecule has 1 saturated heterocycles. The molecule has 168 valence electrons. The highest BCUT2D eigenvalue weighted by Crippen LogP contribution is 2.33. The molecule has 0 unspecified atom stereocenters. The predicted molar refractivity (Wildman–Crippen MR) is 116 cm³/mol. The van der Waals surface area contributed by atoms with Gasteiger partial charge >= 0.3 is 0 Å². The lowest BCUT2D eigenvalue weighted by atomic mass is 10.2. The Balaban J connectivity index is 1.64. The van der Waals surface area contributed by atoms with Crippen molar-refractivity contribution in [3.63, 3.8) is 0 Å². The fourth-order valence-corrected chi connectivity index (χ4v) is 5.59. The molecule has 0 saturated carbocycles. The quantitative estimate of drug-likeness (QED) is 0.413. The minimum absolute atomic E-state index is 0.0453. The van der Waals surface area contributed by atoms with Crippen LogP contribution in [0.4, 0.5) is 0 Å². The van der Waals surface area contributed by atoms with Gasteiger partial charge in [0.1, 0.15) is 12.2 Å². The SMILES string of the molecule is C=C[C@H]1O[C@@](C)(CCS(=O)(=O)c2ccccc2)O[C@H]1COS(=O)(=O)c1ccc(C)cc1.